The van der Waals surface area contributed by atoms with Crippen molar-refractivity contribution in [2.24, 2.45) is 0 Å². The molecule has 1 amide bonds. The lowest BCUT2D eigenvalue weighted by atomic mass is 10.2. The fourth-order valence-electron chi connectivity index (χ4n) is 2.61. The fraction of sp³-hybridized carbons (Fsp3) is 0.923. The van der Waals surface area contributed by atoms with Crippen LogP contribution >= 0.6 is 0 Å². The van der Waals surface area contributed by atoms with Crippen molar-refractivity contribution in [1.29, 1.82) is 0 Å². The molecular formula is C13H24N3O3. The topological polar surface area (TPSA) is 75.9 Å². The lowest BCUT2D eigenvalue weighted by molar-refractivity contribution is 0.0470. The van der Waals surface area contributed by atoms with E-state index in [1.165, 1.54) is 0 Å². The minimum absolute atomic E-state index is 0.0138. The highest BCUT2D eigenvalue weighted by molar-refractivity contribution is 5.68. The summed E-state index contributed by atoms with van der Waals surface area (Å²) >= 11 is 0. The van der Waals surface area contributed by atoms with Gasteiger partial charge in [0.1, 0.15) is 5.60 Å². The van der Waals surface area contributed by atoms with Gasteiger partial charge in [0, 0.05) is 19.6 Å². The van der Waals surface area contributed by atoms with Gasteiger partial charge in [-0.25, -0.2) is 10.1 Å². The number of hydrogen-bond acceptors (Lipinski definition) is 4. The molecule has 2 rings (SSSR count). The number of β-amino-alcohol motifs (C(OH)–C–C–N with tert-alkyl or cyclic N) is 1. The Bertz CT molecular complexity index is 330. The summed E-state index contributed by atoms with van der Waals surface area (Å²) in [5.74, 6) is 0. The minimum atomic E-state index is -0.487. The summed E-state index contributed by atoms with van der Waals surface area (Å²) in [7, 11) is 0. The molecule has 2 saturated heterocycles. The Labute approximate surface area is 114 Å². The Morgan fingerprint density at radius 1 is 1.42 bits per heavy atom. The zero-order chi connectivity index (χ0) is 14.0. The maximum absolute atomic E-state index is 11.8. The number of ether oxygens (including phenoxy) is 1. The molecule has 109 valence electrons. The van der Waals surface area contributed by atoms with E-state index < -0.39 is 5.60 Å². The number of aliphatic hydroxyl groups excluding tert-OH is 1. The van der Waals surface area contributed by atoms with Gasteiger partial charge in [0.25, 0.3) is 0 Å². The van der Waals surface area contributed by atoms with Crippen LogP contribution in [-0.4, -0.2) is 59.6 Å². The van der Waals surface area contributed by atoms with Gasteiger partial charge >= 0.3 is 6.09 Å². The van der Waals surface area contributed by atoms with Gasteiger partial charge in [0.2, 0.25) is 0 Å². The molecule has 2 fully saturated rings. The quantitative estimate of drug-likeness (QED) is 0.756. The van der Waals surface area contributed by atoms with Gasteiger partial charge in [-0.1, -0.05) is 0 Å². The summed E-state index contributed by atoms with van der Waals surface area (Å²) in [6, 6.07) is -0.0138. The highest BCUT2D eigenvalue weighted by atomic mass is 16.6. The maximum Gasteiger partial charge on any atom is 0.407 e. The van der Waals surface area contributed by atoms with Crippen molar-refractivity contribution in [3.8, 4) is 0 Å². The van der Waals surface area contributed by atoms with Crippen LogP contribution in [-0.2, 0) is 4.74 Å². The monoisotopic (exact) mass is 270 g/mol. The number of amides is 1. The van der Waals surface area contributed by atoms with Crippen molar-refractivity contribution < 1.29 is 14.6 Å². The van der Waals surface area contributed by atoms with Crippen molar-refractivity contribution in [2.45, 2.75) is 57.5 Å². The van der Waals surface area contributed by atoms with Crippen molar-refractivity contribution in [2.75, 3.05) is 19.6 Å². The number of carbonyl (C=O) groups excluding carboxylic acids is 1. The molecule has 0 spiro atoms. The third kappa shape index (κ3) is 4.06. The number of nitrogens with zero attached hydrogens (tertiary/aromatic N) is 2. The van der Waals surface area contributed by atoms with E-state index in [1.54, 1.807) is 0 Å². The Hall–Kier alpha value is -0.850. The highest BCUT2D eigenvalue weighted by Crippen LogP contribution is 2.20. The largest absolute Gasteiger partial charge is 0.444 e. The molecule has 0 aromatic heterocycles. The molecule has 0 aromatic carbocycles. The van der Waals surface area contributed by atoms with E-state index in [2.05, 4.69) is 15.5 Å². The average molecular weight is 270 g/mol. The van der Waals surface area contributed by atoms with E-state index in [9.17, 15) is 9.90 Å². The maximum atomic E-state index is 11.8. The average Bonchev–Trinajstić information content (AvgIpc) is 2.83. The van der Waals surface area contributed by atoms with E-state index in [4.69, 9.17) is 4.74 Å². The SMILES string of the molecule is CC(C)(C)OC(=O)NC1CC[N]C1N1CCC(O)C1. The zero-order valence-corrected chi connectivity index (χ0v) is 11.9. The van der Waals surface area contributed by atoms with Crippen LogP contribution in [0.2, 0.25) is 0 Å². The number of rotatable bonds is 2. The first kappa shape index (κ1) is 14.6. The van der Waals surface area contributed by atoms with Crippen LogP contribution in [0.15, 0.2) is 0 Å². The number of alkyl carbamates (subject to hydrolysis) is 1. The second-order valence-corrected chi connectivity index (χ2v) is 6.30. The van der Waals surface area contributed by atoms with E-state index in [1.807, 2.05) is 20.8 Å². The third-order valence-corrected chi connectivity index (χ3v) is 3.39. The molecule has 1 radical (unpaired) electrons. The van der Waals surface area contributed by atoms with Gasteiger partial charge in [0.05, 0.1) is 18.3 Å². The summed E-state index contributed by atoms with van der Waals surface area (Å²) in [6.07, 6.45) is 0.934. The van der Waals surface area contributed by atoms with Crippen molar-refractivity contribution in [1.82, 2.24) is 15.5 Å². The second kappa shape index (κ2) is 5.64. The number of nitrogens with one attached hydrogen (secondary N) is 1. The van der Waals surface area contributed by atoms with Crippen LogP contribution in [0.1, 0.15) is 33.6 Å². The first-order chi connectivity index (χ1) is 8.85. The molecule has 0 aromatic rings. The zero-order valence-electron chi connectivity index (χ0n) is 11.9. The van der Waals surface area contributed by atoms with Crippen molar-refractivity contribution >= 4 is 6.09 Å². The normalized spacial score (nSPS) is 32.5. The summed E-state index contributed by atoms with van der Waals surface area (Å²) in [5.41, 5.74) is -0.487. The molecule has 19 heavy (non-hydrogen) atoms. The van der Waals surface area contributed by atoms with E-state index in [-0.39, 0.29) is 24.4 Å². The minimum Gasteiger partial charge on any atom is -0.444 e. The van der Waals surface area contributed by atoms with Crippen LogP contribution in [0, 0.1) is 0 Å². The van der Waals surface area contributed by atoms with Crippen LogP contribution in [0.5, 0.6) is 0 Å². The van der Waals surface area contributed by atoms with Gasteiger partial charge in [0.15, 0.2) is 0 Å². The molecule has 2 heterocycles. The molecule has 6 heteroatoms. The Balaban J connectivity index is 1.87. The molecule has 2 aliphatic heterocycles. The first-order valence-electron chi connectivity index (χ1n) is 6.93. The summed E-state index contributed by atoms with van der Waals surface area (Å²) in [4.78, 5) is 13.9. The van der Waals surface area contributed by atoms with E-state index in [0.717, 1.165) is 25.9 Å². The molecular weight excluding hydrogens is 246 g/mol. The van der Waals surface area contributed by atoms with Crippen molar-refractivity contribution in [3.05, 3.63) is 0 Å². The number of likely N-dealkylation sites (tertiary alicyclic amines) is 1. The lowest BCUT2D eigenvalue weighted by Crippen LogP contribution is -2.51. The fourth-order valence-corrected chi connectivity index (χ4v) is 2.61. The van der Waals surface area contributed by atoms with Gasteiger partial charge in [-0.05, 0) is 33.6 Å². The standard InChI is InChI=1S/C13H24N3O3/c1-13(2,3)19-12(18)15-10-4-6-14-11(10)16-7-5-9(17)8-16/h9-11,17H,4-8H2,1-3H3,(H,15,18). The Kier molecular flexibility index (Phi) is 4.32. The van der Waals surface area contributed by atoms with E-state index in [0.29, 0.717) is 6.54 Å². The van der Waals surface area contributed by atoms with Gasteiger partial charge in [-0.15, -0.1) is 0 Å². The molecule has 0 saturated carbocycles. The van der Waals surface area contributed by atoms with Crippen LogP contribution in [0.3, 0.4) is 0 Å². The molecule has 0 bridgehead atoms. The van der Waals surface area contributed by atoms with Crippen molar-refractivity contribution in [3.63, 3.8) is 0 Å². The summed E-state index contributed by atoms with van der Waals surface area (Å²) in [6.45, 7) is 7.76. The van der Waals surface area contributed by atoms with E-state index >= 15 is 0 Å². The lowest BCUT2D eigenvalue weighted by Gasteiger charge is -2.29. The number of carbonyl (C=O) groups is 1. The third-order valence-electron chi connectivity index (χ3n) is 3.39. The van der Waals surface area contributed by atoms with Crippen LogP contribution in [0.25, 0.3) is 0 Å². The molecule has 3 unspecified atom stereocenters. The molecule has 6 nitrogen and oxygen atoms in total. The summed E-state index contributed by atoms with van der Waals surface area (Å²) < 4.78 is 5.27. The number of aliphatic hydroxyl groups is 1. The van der Waals surface area contributed by atoms with Gasteiger partial charge < -0.3 is 15.2 Å². The molecule has 2 aliphatic rings. The summed E-state index contributed by atoms with van der Waals surface area (Å²) in [5, 5.41) is 17.0. The Morgan fingerprint density at radius 3 is 2.74 bits per heavy atom. The molecule has 3 atom stereocenters. The molecule has 2 N–H and O–H groups in total. The Morgan fingerprint density at radius 2 is 2.16 bits per heavy atom. The number of hydrogen-bond donors (Lipinski definition) is 2. The highest BCUT2D eigenvalue weighted by Gasteiger charge is 2.37. The predicted octanol–water partition coefficient (Wildman–Crippen LogP) is 0.280. The van der Waals surface area contributed by atoms with Gasteiger partial charge in [-0.2, -0.15) is 0 Å². The van der Waals surface area contributed by atoms with Gasteiger partial charge in [-0.3, -0.25) is 4.90 Å². The first-order valence-corrected chi connectivity index (χ1v) is 6.93. The van der Waals surface area contributed by atoms with Crippen LogP contribution in [0.4, 0.5) is 4.79 Å². The molecule has 0 aliphatic carbocycles. The smallest absolute Gasteiger partial charge is 0.407 e. The second-order valence-electron chi connectivity index (χ2n) is 6.30. The van der Waals surface area contributed by atoms with Crippen LogP contribution < -0.4 is 10.6 Å². The predicted molar refractivity (Wildman–Crippen MR) is 70.8 cm³/mol.